The van der Waals surface area contributed by atoms with E-state index in [0.717, 1.165) is 23.5 Å². The molecule has 2 fully saturated rings. The van der Waals surface area contributed by atoms with Gasteiger partial charge in [-0.1, -0.05) is 42.3 Å². The summed E-state index contributed by atoms with van der Waals surface area (Å²) in [7, 11) is -3.85. The SMILES string of the molecule is C[C@H](NC(=O)COC(=O)c1cc(S(=O)(=O)N2CCc3ccccc3C2)ccc1Cl)[C@@H]1C[C@@H]2CC[C@@H]1C2. The van der Waals surface area contributed by atoms with Crippen LogP contribution in [0.2, 0.25) is 5.02 Å². The van der Waals surface area contributed by atoms with E-state index in [1.165, 1.54) is 41.8 Å². The Balaban J connectivity index is 1.22. The molecular weight excluding hydrogens is 500 g/mol. The molecule has 0 saturated heterocycles. The minimum Gasteiger partial charge on any atom is -0.452 e. The normalized spacial score (nSPS) is 24.2. The predicted molar refractivity (Wildman–Crippen MR) is 136 cm³/mol. The standard InChI is InChI=1S/C27H31ClN2O5S/c1-17(23-13-18-6-7-20(23)12-18)29-26(31)16-35-27(32)24-14-22(8-9-25(24)28)36(33,34)30-11-10-19-4-2-3-5-21(19)15-30/h2-5,8-9,14,17-18,20,23H,6-7,10-13,15-16H2,1H3,(H,29,31)/t17-,18+,20+,23-/m0/s1. The molecule has 3 aliphatic rings. The van der Waals surface area contributed by atoms with Crippen molar-refractivity contribution in [2.24, 2.45) is 17.8 Å². The second kappa shape index (κ2) is 10.1. The van der Waals surface area contributed by atoms with Crippen LogP contribution in [0.3, 0.4) is 0 Å². The number of fused-ring (bicyclic) bond motifs is 3. The summed E-state index contributed by atoms with van der Waals surface area (Å²) in [6.07, 6.45) is 5.53. The monoisotopic (exact) mass is 530 g/mol. The lowest BCUT2D eigenvalue weighted by Crippen LogP contribution is -2.42. The lowest BCUT2D eigenvalue weighted by atomic mass is 9.84. The molecule has 2 bridgehead atoms. The summed E-state index contributed by atoms with van der Waals surface area (Å²) in [4.78, 5) is 25.2. The Hall–Kier alpha value is -2.42. The van der Waals surface area contributed by atoms with Crippen LogP contribution in [0, 0.1) is 17.8 Å². The second-order valence-corrected chi connectivity index (χ2v) is 12.6. The molecule has 1 N–H and O–H groups in total. The number of ether oxygens (including phenoxy) is 1. The van der Waals surface area contributed by atoms with E-state index in [1.54, 1.807) is 0 Å². The highest BCUT2D eigenvalue weighted by atomic mass is 35.5. The first-order valence-electron chi connectivity index (χ1n) is 12.6. The summed E-state index contributed by atoms with van der Waals surface area (Å²) in [5.41, 5.74) is 2.02. The number of benzene rings is 2. The second-order valence-electron chi connectivity index (χ2n) is 10.3. The molecule has 0 spiro atoms. The van der Waals surface area contributed by atoms with Crippen molar-refractivity contribution < 1.29 is 22.7 Å². The third kappa shape index (κ3) is 5.04. The molecule has 2 saturated carbocycles. The van der Waals surface area contributed by atoms with Gasteiger partial charge in [0.2, 0.25) is 10.0 Å². The molecule has 0 aromatic heterocycles. The summed E-state index contributed by atoms with van der Waals surface area (Å²) >= 11 is 6.21. The van der Waals surface area contributed by atoms with E-state index in [9.17, 15) is 18.0 Å². The number of sulfonamides is 1. The van der Waals surface area contributed by atoms with E-state index in [-0.39, 0.29) is 34.0 Å². The van der Waals surface area contributed by atoms with Gasteiger partial charge in [-0.3, -0.25) is 4.79 Å². The van der Waals surface area contributed by atoms with Crippen molar-refractivity contribution in [3.05, 3.63) is 64.2 Å². The van der Waals surface area contributed by atoms with Gasteiger partial charge in [-0.25, -0.2) is 13.2 Å². The van der Waals surface area contributed by atoms with Gasteiger partial charge in [-0.05, 0) is 79.7 Å². The minimum atomic E-state index is -3.85. The van der Waals surface area contributed by atoms with E-state index in [1.807, 2.05) is 31.2 Å². The molecule has 7 nitrogen and oxygen atoms in total. The lowest BCUT2D eigenvalue weighted by Gasteiger charge is -2.28. The van der Waals surface area contributed by atoms with Gasteiger partial charge in [-0.15, -0.1) is 0 Å². The average molecular weight is 531 g/mol. The van der Waals surface area contributed by atoms with Crippen molar-refractivity contribution in [2.45, 2.75) is 56.5 Å². The third-order valence-corrected chi connectivity index (χ3v) is 10.2. The molecule has 4 atom stereocenters. The van der Waals surface area contributed by atoms with Crippen LogP contribution in [-0.2, 0) is 32.5 Å². The number of esters is 1. The number of nitrogens with one attached hydrogen (secondary N) is 1. The van der Waals surface area contributed by atoms with Crippen LogP contribution in [0.4, 0.5) is 0 Å². The third-order valence-electron chi connectivity index (χ3n) is 8.05. The molecule has 2 aromatic carbocycles. The minimum absolute atomic E-state index is 0.0261. The lowest BCUT2D eigenvalue weighted by molar-refractivity contribution is -0.125. The summed E-state index contributed by atoms with van der Waals surface area (Å²) in [5, 5.41) is 3.03. The zero-order chi connectivity index (χ0) is 25.4. The van der Waals surface area contributed by atoms with Crippen LogP contribution in [0.5, 0.6) is 0 Å². The topological polar surface area (TPSA) is 92.8 Å². The fraction of sp³-hybridized carbons (Fsp3) is 0.481. The number of hydrogen-bond donors (Lipinski definition) is 1. The van der Waals surface area contributed by atoms with Crippen molar-refractivity contribution in [3.8, 4) is 0 Å². The number of nitrogens with zero attached hydrogens (tertiary/aromatic N) is 1. The van der Waals surface area contributed by atoms with Crippen LogP contribution >= 0.6 is 11.6 Å². The first-order chi connectivity index (χ1) is 17.2. The zero-order valence-electron chi connectivity index (χ0n) is 20.3. The van der Waals surface area contributed by atoms with E-state index < -0.39 is 22.6 Å². The van der Waals surface area contributed by atoms with E-state index in [4.69, 9.17) is 16.3 Å². The van der Waals surface area contributed by atoms with E-state index >= 15 is 0 Å². The quantitative estimate of drug-likeness (QED) is 0.542. The number of rotatable bonds is 7. The molecule has 192 valence electrons. The molecule has 0 unspecified atom stereocenters. The summed E-state index contributed by atoms with van der Waals surface area (Å²) in [5.74, 6) is 0.725. The molecule has 2 aliphatic carbocycles. The van der Waals surface area contributed by atoms with Gasteiger partial charge in [0.05, 0.1) is 15.5 Å². The molecule has 0 radical (unpaired) electrons. The number of amides is 1. The molecule has 2 aromatic rings. The van der Waals surface area contributed by atoms with Crippen LogP contribution in [0.15, 0.2) is 47.4 Å². The smallest absolute Gasteiger partial charge is 0.340 e. The maximum atomic E-state index is 13.3. The predicted octanol–water partition coefficient (Wildman–Crippen LogP) is 4.18. The van der Waals surface area contributed by atoms with Gasteiger partial charge in [0.25, 0.3) is 5.91 Å². The van der Waals surface area contributed by atoms with Gasteiger partial charge in [0.15, 0.2) is 6.61 Å². The van der Waals surface area contributed by atoms with Crippen LogP contribution in [0.1, 0.15) is 54.1 Å². The number of carbonyl (C=O) groups is 2. The highest BCUT2D eigenvalue weighted by molar-refractivity contribution is 7.89. The number of carbonyl (C=O) groups excluding carboxylic acids is 2. The maximum Gasteiger partial charge on any atom is 0.340 e. The number of hydrogen-bond acceptors (Lipinski definition) is 5. The molecular formula is C27H31ClN2O5S. The fourth-order valence-electron chi connectivity index (χ4n) is 6.16. The van der Waals surface area contributed by atoms with Crippen molar-refractivity contribution >= 4 is 33.5 Å². The van der Waals surface area contributed by atoms with E-state index in [0.29, 0.717) is 24.8 Å². The number of halogens is 1. The summed E-state index contributed by atoms with van der Waals surface area (Å²) < 4.78 is 33.2. The molecule has 9 heteroatoms. The molecule has 1 amide bonds. The largest absolute Gasteiger partial charge is 0.452 e. The molecule has 5 rings (SSSR count). The highest BCUT2D eigenvalue weighted by Crippen LogP contribution is 2.49. The Kier molecular flexibility index (Phi) is 7.12. The van der Waals surface area contributed by atoms with Gasteiger partial charge < -0.3 is 10.1 Å². The summed E-state index contributed by atoms with van der Waals surface area (Å²) in [6, 6.07) is 11.8. The Bertz CT molecular complexity index is 1280. The van der Waals surface area contributed by atoms with Gasteiger partial charge in [-0.2, -0.15) is 4.31 Å². The van der Waals surface area contributed by atoms with E-state index in [2.05, 4.69) is 5.32 Å². The fourth-order valence-corrected chi connectivity index (χ4v) is 7.80. The maximum absolute atomic E-state index is 13.3. The Morgan fingerprint density at radius 3 is 2.64 bits per heavy atom. The average Bonchev–Trinajstić information content (AvgIpc) is 3.51. The van der Waals surface area contributed by atoms with Crippen molar-refractivity contribution in [1.82, 2.24) is 9.62 Å². The first kappa shape index (κ1) is 25.2. The van der Waals surface area contributed by atoms with Crippen molar-refractivity contribution in [1.29, 1.82) is 0 Å². The van der Waals surface area contributed by atoms with Crippen molar-refractivity contribution in [3.63, 3.8) is 0 Å². The molecule has 36 heavy (non-hydrogen) atoms. The van der Waals surface area contributed by atoms with Gasteiger partial charge in [0.1, 0.15) is 0 Å². The van der Waals surface area contributed by atoms with Crippen LogP contribution in [0.25, 0.3) is 0 Å². The Morgan fingerprint density at radius 1 is 1.14 bits per heavy atom. The molecule has 1 heterocycles. The van der Waals surface area contributed by atoms with Gasteiger partial charge >= 0.3 is 5.97 Å². The molecule has 1 aliphatic heterocycles. The van der Waals surface area contributed by atoms with Crippen LogP contribution in [-0.4, -0.2) is 43.8 Å². The Morgan fingerprint density at radius 2 is 1.92 bits per heavy atom. The van der Waals surface area contributed by atoms with Crippen molar-refractivity contribution in [2.75, 3.05) is 13.2 Å². The Labute approximate surface area is 217 Å². The zero-order valence-corrected chi connectivity index (χ0v) is 21.9. The van der Waals surface area contributed by atoms with Crippen LogP contribution < -0.4 is 5.32 Å². The highest BCUT2D eigenvalue weighted by Gasteiger charge is 2.42. The van der Waals surface area contributed by atoms with Gasteiger partial charge in [0, 0.05) is 19.1 Å². The first-order valence-corrected chi connectivity index (χ1v) is 14.4. The summed E-state index contributed by atoms with van der Waals surface area (Å²) in [6.45, 7) is 2.18.